The Hall–Kier alpha value is -5.98. The van der Waals surface area contributed by atoms with Gasteiger partial charge in [-0.3, -0.25) is 9.97 Å². The molecule has 0 atom stereocenters. The van der Waals surface area contributed by atoms with E-state index in [1.807, 2.05) is 24.5 Å². The monoisotopic (exact) mass is 830 g/mol. The molecule has 4 aromatic carbocycles. The lowest BCUT2D eigenvalue weighted by Gasteiger charge is -2.09. The summed E-state index contributed by atoms with van der Waals surface area (Å²) in [5.41, 5.74) is 10.8. The Bertz CT molecular complexity index is 2550. The summed E-state index contributed by atoms with van der Waals surface area (Å²) in [6.07, 6.45) is 12.3. The number of hydrogen-bond acceptors (Lipinski definition) is 8. The maximum Gasteiger partial charge on any atom is 0.0886 e. The Morgan fingerprint density at radius 2 is 0.758 bits per heavy atom. The zero-order valence-corrected chi connectivity index (χ0v) is 35.6. The van der Waals surface area contributed by atoms with Crippen LogP contribution in [-0.2, 0) is 41.5 Å². The molecule has 4 heterocycles. The van der Waals surface area contributed by atoms with Gasteiger partial charge in [-0.25, -0.2) is 0 Å². The lowest BCUT2D eigenvalue weighted by molar-refractivity contribution is 0.0234. The summed E-state index contributed by atoms with van der Waals surface area (Å²) < 4.78 is 37.6. The van der Waals surface area contributed by atoms with Gasteiger partial charge in [-0.1, -0.05) is 85.0 Å². The second-order valence-electron chi connectivity index (χ2n) is 14.9. The molecule has 4 aromatic heterocycles. The SMILES string of the molecule is COCCOCCOCCn1c2ccccc2c2cc(/C=C/c3ccc(-c4ccc(/C=C/c5ccc6c(c5)c5ccccc5n6CCOCCOCCOC)cn4)nc3)ccc21. The van der Waals surface area contributed by atoms with Crippen molar-refractivity contribution in [1.29, 1.82) is 0 Å². The quantitative estimate of drug-likeness (QED) is 0.0589. The Morgan fingerprint density at radius 1 is 0.387 bits per heavy atom. The molecule has 10 nitrogen and oxygen atoms in total. The lowest BCUT2D eigenvalue weighted by Crippen LogP contribution is -2.11. The van der Waals surface area contributed by atoms with Crippen molar-refractivity contribution in [3.63, 3.8) is 0 Å². The summed E-state index contributed by atoms with van der Waals surface area (Å²) in [4.78, 5) is 9.51. The number of aromatic nitrogens is 4. The molecule has 0 spiro atoms. The molecule has 318 valence electrons. The Kier molecular flexibility index (Phi) is 14.9. The number of ether oxygens (including phenoxy) is 6. The van der Waals surface area contributed by atoms with E-state index in [1.54, 1.807) is 14.2 Å². The average molecular weight is 831 g/mol. The lowest BCUT2D eigenvalue weighted by atomic mass is 10.1. The van der Waals surface area contributed by atoms with E-state index in [9.17, 15) is 0 Å². The van der Waals surface area contributed by atoms with Crippen molar-refractivity contribution in [3.8, 4) is 11.4 Å². The number of benzene rings is 4. The van der Waals surface area contributed by atoms with Crippen molar-refractivity contribution in [2.24, 2.45) is 0 Å². The molecule has 0 aliphatic heterocycles. The van der Waals surface area contributed by atoms with Crippen LogP contribution in [0.5, 0.6) is 0 Å². The number of hydrogen-bond donors (Lipinski definition) is 0. The largest absolute Gasteiger partial charge is 0.382 e. The van der Waals surface area contributed by atoms with Crippen molar-refractivity contribution >= 4 is 67.9 Å². The van der Waals surface area contributed by atoms with Gasteiger partial charge in [0.15, 0.2) is 0 Å². The number of para-hydroxylation sites is 2. The maximum atomic E-state index is 5.89. The van der Waals surface area contributed by atoms with E-state index < -0.39 is 0 Å². The fourth-order valence-corrected chi connectivity index (χ4v) is 7.77. The van der Waals surface area contributed by atoms with Gasteiger partial charge < -0.3 is 37.6 Å². The molecule has 0 saturated heterocycles. The van der Waals surface area contributed by atoms with Crippen LogP contribution in [0.1, 0.15) is 22.3 Å². The van der Waals surface area contributed by atoms with Gasteiger partial charge in [0.25, 0.3) is 0 Å². The molecule has 0 N–H and O–H groups in total. The van der Waals surface area contributed by atoms with Gasteiger partial charge in [-0.15, -0.1) is 0 Å². The van der Waals surface area contributed by atoms with Gasteiger partial charge in [0.05, 0.1) is 77.5 Å². The first-order valence-electron chi connectivity index (χ1n) is 21.3. The van der Waals surface area contributed by atoms with Crippen molar-refractivity contribution in [3.05, 3.63) is 144 Å². The zero-order valence-electron chi connectivity index (χ0n) is 35.6. The molecule has 0 amide bonds. The third-order valence-corrected chi connectivity index (χ3v) is 10.9. The zero-order chi connectivity index (χ0) is 42.4. The first-order valence-corrected chi connectivity index (χ1v) is 21.3. The second kappa shape index (κ2) is 21.7. The van der Waals surface area contributed by atoms with Crippen LogP contribution in [0.4, 0.5) is 0 Å². The van der Waals surface area contributed by atoms with Crippen LogP contribution in [0.3, 0.4) is 0 Å². The minimum Gasteiger partial charge on any atom is -0.382 e. The number of methoxy groups -OCH3 is 2. The molecule has 0 radical (unpaired) electrons. The fraction of sp³-hybridized carbons (Fsp3) is 0.269. The minimum absolute atomic E-state index is 0.561. The van der Waals surface area contributed by atoms with E-state index in [1.165, 1.54) is 43.6 Å². The van der Waals surface area contributed by atoms with Gasteiger partial charge in [0.2, 0.25) is 0 Å². The molecule has 62 heavy (non-hydrogen) atoms. The Morgan fingerprint density at radius 3 is 1.18 bits per heavy atom. The summed E-state index contributed by atoms with van der Waals surface area (Å²) in [5.74, 6) is 0. The van der Waals surface area contributed by atoms with Crippen LogP contribution in [0.25, 0.3) is 79.3 Å². The predicted octanol–water partition coefficient (Wildman–Crippen LogP) is 10.1. The van der Waals surface area contributed by atoms with Gasteiger partial charge in [0.1, 0.15) is 0 Å². The highest BCUT2D eigenvalue weighted by Crippen LogP contribution is 2.32. The summed E-state index contributed by atoms with van der Waals surface area (Å²) in [6, 6.07) is 38.6. The van der Waals surface area contributed by atoms with Crippen LogP contribution in [0.2, 0.25) is 0 Å². The van der Waals surface area contributed by atoms with Crippen LogP contribution in [0.15, 0.2) is 122 Å². The Labute approximate surface area is 362 Å². The molecule has 0 saturated carbocycles. The topological polar surface area (TPSA) is 91.0 Å². The molecule has 0 aliphatic carbocycles. The summed E-state index contributed by atoms with van der Waals surface area (Å²) in [5, 5.41) is 4.92. The van der Waals surface area contributed by atoms with Gasteiger partial charge in [-0.2, -0.15) is 0 Å². The van der Waals surface area contributed by atoms with E-state index in [2.05, 4.69) is 131 Å². The first-order chi connectivity index (χ1) is 30.7. The molecular formula is C52H54N4O6. The smallest absolute Gasteiger partial charge is 0.0886 e. The summed E-state index contributed by atoms with van der Waals surface area (Å²) in [6.45, 7) is 7.35. The number of fused-ring (bicyclic) bond motifs is 6. The number of rotatable bonds is 23. The van der Waals surface area contributed by atoms with Crippen LogP contribution < -0.4 is 0 Å². The fourth-order valence-electron chi connectivity index (χ4n) is 7.77. The van der Waals surface area contributed by atoms with Crippen molar-refractivity contribution in [1.82, 2.24) is 19.1 Å². The molecule has 8 aromatic rings. The molecule has 0 fully saturated rings. The van der Waals surface area contributed by atoms with E-state index in [-0.39, 0.29) is 0 Å². The normalized spacial score (nSPS) is 12.1. The Balaban J connectivity index is 0.877. The second-order valence-corrected chi connectivity index (χ2v) is 14.9. The van der Waals surface area contributed by atoms with Crippen LogP contribution in [0, 0.1) is 0 Å². The van der Waals surface area contributed by atoms with Gasteiger partial charge in [0, 0.05) is 83.3 Å². The highest BCUT2D eigenvalue weighted by atomic mass is 16.5. The van der Waals surface area contributed by atoms with Crippen molar-refractivity contribution in [2.75, 3.05) is 80.3 Å². The predicted molar refractivity (Wildman–Crippen MR) is 251 cm³/mol. The molecule has 0 aliphatic rings. The highest BCUT2D eigenvalue weighted by molar-refractivity contribution is 6.09. The standard InChI is InChI=1S/C52H54N4O6/c1-57-27-29-61-33-31-59-25-23-55-49-9-5-3-7-43(49)45-35-39(17-21-51(45)55)11-13-41-15-19-47(53-37-41)48-20-16-42(38-54-48)14-12-40-18-22-52-46(36-40)44-8-4-6-10-50(44)56(52)24-26-60-32-34-62-30-28-58-2/h3-22,35-38H,23-34H2,1-2H3/b13-11+,14-12+. The molecule has 0 bridgehead atoms. The third-order valence-electron chi connectivity index (χ3n) is 10.9. The highest BCUT2D eigenvalue weighted by Gasteiger charge is 2.12. The summed E-state index contributed by atoms with van der Waals surface area (Å²) >= 11 is 0. The average Bonchev–Trinajstić information content (AvgIpc) is 3.80. The van der Waals surface area contributed by atoms with E-state index in [0.29, 0.717) is 66.1 Å². The maximum absolute atomic E-state index is 5.89. The van der Waals surface area contributed by atoms with Crippen molar-refractivity contribution < 1.29 is 28.4 Å². The van der Waals surface area contributed by atoms with Crippen LogP contribution >= 0.6 is 0 Å². The van der Waals surface area contributed by atoms with Gasteiger partial charge in [-0.05, 0) is 70.8 Å². The number of pyridine rings is 2. The van der Waals surface area contributed by atoms with E-state index >= 15 is 0 Å². The van der Waals surface area contributed by atoms with Crippen LogP contribution in [-0.4, -0.2) is 99.4 Å². The molecule has 10 heteroatoms. The van der Waals surface area contributed by atoms with E-state index in [0.717, 1.165) is 46.7 Å². The molecule has 8 rings (SSSR count). The third kappa shape index (κ3) is 10.5. The van der Waals surface area contributed by atoms with Crippen molar-refractivity contribution in [2.45, 2.75) is 13.1 Å². The van der Waals surface area contributed by atoms with Gasteiger partial charge >= 0.3 is 0 Å². The molecule has 0 unspecified atom stereocenters. The number of nitrogens with zero attached hydrogens (tertiary/aromatic N) is 4. The molecular weight excluding hydrogens is 777 g/mol. The first kappa shape index (κ1) is 42.7. The van der Waals surface area contributed by atoms with E-state index in [4.69, 9.17) is 38.4 Å². The summed E-state index contributed by atoms with van der Waals surface area (Å²) in [7, 11) is 3.35. The minimum atomic E-state index is 0.561.